The van der Waals surface area contributed by atoms with E-state index < -0.39 is 0 Å². The number of carbonyl (C=O) groups is 1. The van der Waals surface area contributed by atoms with Crippen molar-refractivity contribution in [3.63, 3.8) is 0 Å². The molecule has 178 valence electrons. The average molecular weight is 449 g/mol. The van der Waals surface area contributed by atoms with E-state index in [0.29, 0.717) is 10.8 Å². The van der Waals surface area contributed by atoms with Crippen molar-refractivity contribution in [3.05, 3.63) is 0 Å². The van der Waals surface area contributed by atoms with E-state index >= 15 is 0 Å². The van der Waals surface area contributed by atoms with Crippen LogP contribution in [0, 0.1) is 45.8 Å². The Hall–Kier alpha value is -0.510. The first-order valence-corrected chi connectivity index (χ1v) is 14.2. The summed E-state index contributed by atoms with van der Waals surface area (Å²) >= 11 is 1.38. The summed E-state index contributed by atoms with van der Waals surface area (Å²) in [7, 11) is 1.72. The summed E-state index contributed by atoms with van der Waals surface area (Å²) in [4.78, 5) is 12.2. The second-order valence-corrected chi connectivity index (χ2v) is 12.2. The molecule has 0 aliphatic heterocycles. The monoisotopic (exact) mass is 448 g/mol. The van der Waals surface area contributed by atoms with Gasteiger partial charge in [0.05, 0.1) is 10.8 Å². The molecule has 0 aromatic heterocycles. The molecular formula is C27H48N2OS. The van der Waals surface area contributed by atoms with Crippen LogP contribution in [-0.4, -0.2) is 23.8 Å². The van der Waals surface area contributed by atoms with Crippen molar-refractivity contribution in [2.24, 2.45) is 40.4 Å². The van der Waals surface area contributed by atoms with E-state index in [1.807, 2.05) is 13.8 Å². The highest BCUT2D eigenvalue weighted by atomic mass is 32.2. The summed E-state index contributed by atoms with van der Waals surface area (Å²) in [5.41, 5.74) is 2.46. The van der Waals surface area contributed by atoms with Gasteiger partial charge in [-0.2, -0.15) is 0 Å². The maximum Gasteiger partial charge on any atom is 0.233 e. The molecule has 31 heavy (non-hydrogen) atoms. The minimum Gasteiger partial charge on any atom is -0.358 e. The highest BCUT2D eigenvalue weighted by Gasteiger charge is 2.59. The number of nitrogens with one attached hydrogen (secondary N) is 2. The number of rotatable bonds is 6. The van der Waals surface area contributed by atoms with Crippen molar-refractivity contribution in [2.75, 3.05) is 7.05 Å². The van der Waals surface area contributed by atoms with Crippen molar-refractivity contribution < 1.29 is 4.79 Å². The molecule has 0 saturated heterocycles. The van der Waals surface area contributed by atoms with E-state index in [9.17, 15) is 4.79 Å². The largest absolute Gasteiger partial charge is 0.358 e. The van der Waals surface area contributed by atoms with Crippen molar-refractivity contribution in [1.29, 1.82) is 5.41 Å². The summed E-state index contributed by atoms with van der Waals surface area (Å²) < 4.78 is 0. The Kier molecular flexibility index (Phi) is 8.60. The van der Waals surface area contributed by atoms with E-state index in [0.717, 1.165) is 42.4 Å². The molecule has 3 nitrogen and oxygen atoms in total. The van der Waals surface area contributed by atoms with E-state index in [1.54, 1.807) is 7.05 Å². The Bertz CT molecular complexity index is 624. The fourth-order valence-electron chi connectivity index (χ4n) is 8.73. The van der Waals surface area contributed by atoms with Crippen LogP contribution in [0.25, 0.3) is 0 Å². The molecule has 4 fully saturated rings. The Labute approximate surface area is 196 Å². The van der Waals surface area contributed by atoms with Gasteiger partial charge >= 0.3 is 0 Å². The molecule has 4 heteroatoms. The summed E-state index contributed by atoms with van der Waals surface area (Å²) in [6.45, 7) is 9.28. The summed E-state index contributed by atoms with van der Waals surface area (Å²) in [6, 6.07) is 0. The summed E-state index contributed by atoms with van der Waals surface area (Å²) in [5.74, 6) is 4.72. The lowest BCUT2D eigenvalue weighted by Crippen LogP contribution is -2.52. The Morgan fingerprint density at radius 2 is 1.77 bits per heavy atom. The van der Waals surface area contributed by atoms with Crippen molar-refractivity contribution in [3.8, 4) is 0 Å². The SMILES string of the molecule is CC.CNC(=O)C(CCC1CCC2C3CCC4CCCCC4(C)C3CCC12C)SC=N. The fraction of sp³-hybridized carbons (Fsp3) is 0.926. The molecule has 0 heterocycles. The third-order valence-corrected chi connectivity index (χ3v) is 11.2. The molecule has 4 saturated carbocycles. The lowest BCUT2D eigenvalue weighted by molar-refractivity contribution is -0.120. The molecule has 4 aliphatic rings. The molecule has 0 aromatic rings. The second-order valence-electron chi connectivity index (χ2n) is 11.2. The van der Waals surface area contributed by atoms with Gasteiger partial charge < -0.3 is 10.7 Å². The predicted molar refractivity (Wildman–Crippen MR) is 135 cm³/mol. The number of amides is 1. The lowest BCUT2D eigenvalue weighted by Gasteiger charge is -2.60. The van der Waals surface area contributed by atoms with Gasteiger partial charge in [-0.1, -0.05) is 40.5 Å². The van der Waals surface area contributed by atoms with Gasteiger partial charge in [0.15, 0.2) is 0 Å². The van der Waals surface area contributed by atoms with Crippen molar-refractivity contribution in [1.82, 2.24) is 5.32 Å². The summed E-state index contributed by atoms with van der Waals surface area (Å²) in [5, 5.41) is 10.1. The minimum absolute atomic E-state index is 0.0884. The van der Waals surface area contributed by atoms with Gasteiger partial charge in [0.2, 0.25) is 5.91 Å². The number of hydrogen-bond acceptors (Lipinski definition) is 3. The molecule has 0 bridgehead atoms. The van der Waals surface area contributed by atoms with Gasteiger partial charge in [-0.05, 0) is 105 Å². The molecule has 8 unspecified atom stereocenters. The van der Waals surface area contributed by atoms with Crippen LogP contribution in [0.4, 0.5) is 0 Å². The van der Waals surface area contributed by atoms with E-state index in [-0.39, 0.29) is 11.2 Å². The topological polar surface area (TPSA) is 53.0 Å². The fourth-order valence-corrected chi connectivity index (χ4v) is 9.41. The molecule has 8 atom stereocenters. The highest BCUT2D eigenvalue weighted by molar-refractivity contribution is 8.13. The van der Waals surface area contributed by atoms with Crippen LogP contribution in [0.1, 0.15) is 105 Å². The molecule has 0 aromatic carbocycles. The molecule has 2 N–H and O–H groups in total. The third-order valence-electron chi connectivity index (χ3n) is 10.3. The maximum atomic E-state index is 12.2. The van der Waals surface area contributed by atoms with E-state index in [2.05, 4.69) is 19.2 Å². The van der Waals surface area contributed by atoms with Crippen LogP contribution >= 0.6 is 11.8 Å². The van der Waals surface area contributed by atoms with E-state index in [1.165, 1.54) is 81.5 Å². The number of carbonyl (C=O) groups excluding carboxylic acids is 1. The van der Waals surface area contributed by atoms with Crippen molar-refractivity contribution >= 4 is 23.2 Å². The van der Waals surface area contributed by atoms with Gasteiger partial charge in [0.1, 0.15) is 0 Å². The Morgan fingerprint density at radius 3 is 2.48 bits per heavy atom. The maximum absolute atomic E-state index is 12.2. The van der Waals surface area contributed by atoms with Gasteiger partial charge in [-0.15, -0.1) is 11.8 Å². The molecular weight excluding hydrogens is 400 g/mol. The van der Waals surface area contributed by atoms with Gasteiger partial charge in [-0.25, -0.2) is 0 Å². The van der Waals surface area contributed by atoms with Gasteiger partial charge in [-0.3, -0.25) is 4.79 Å². The number of thioether (sulfide) groups is 1. The van der Waals surface area contributed by atoms with Crippen LogP contribution in [0.15, 0.2) is 0 Å². The van der Waals surface area contributed by atoms with Crippen LogP contribution in [0.3, 0.4) is 0 Å². The zero-order chi connectivity index (χ0) is 22.6. The Morgan fingerprint density at radius 1 is 1.03 bits per heavy atom. The molecule has 4 rings (SSSR count). The standard InChI is InChI=1S/C25H42N2OS.C2H6/c1-24-14-5-4-6-17(24)7-10-19-20-11-8-18(25(20,2)15-13-21(19)24)9-12-22(29-16-26)23(28)27-3;1-2/h16-22,26H,4-15H2,1-3H3,(H,27,28);1-2H3. The third kappa shape index (κ3) is 4.62. The summed E-state index contributed by atoms with van der Waals surface area (Å²) in [6.07, 6.45) is 16.6. The molecule has 4 aliphatic carbocycles. The predicted octanol–water partition coefficient (Wildman–Crippen LogP) is 7.30. The minimum atomic E-state index is -0.0897. The normalized spacial score (nSPS) is 42.2. The van der Waals surface area contributed by atoms with Crippen LogP contribution in [0.2, 0.25) is 0 Å². The smallest absolute Gasteiger partial charge is 0.233 e. The van der Waals surface area contributed by atoms with Crippen molar-refractivity contribution in [2.45, 2.75) is 110 Å². The lowest BCUT2D eigenvalue weighted by atomic mass is 9.45. The quantitative estimate of drug-likeness (QED) is 0.331. The first kappa shape index (κ1) is 25.1. The van der Waals surface area contributed by atoms with Crippen LogP contribution in [0.5, 0.6) is 0 Å². The zero-order valence-electron chi connectivity index (χ0n) is 20.8. The Balaban J connectivity index is 0.00000132. The molecule has 1 amide bonds. The number of fused-ring (bicyclic) bond motifs is 5. The highest BCUT2D eigenvalue weighted by Crippen LogP contribution is 2.67. The molecule has 0 spiro atoms. The average Bonchev–Trinajstić information content (AvgIpc) is 3.13. The van der Waals surface area contributed by atoms with Crippen LogP contribution in [-0.2, 0) is 4.79 Å². The number of hydrogen-bond donors (Lipinski definition) is 2. The first-order chi connectivity index (χ1) is 14.9. The van der Waals surface area contributed by atoms with Gasteiger partial charge in [0.25, 0.3) is 0 Å². The molecule has 0 radical (unpaired) electrons. The second kappa shape index (κ2) is 10.6. The first-order valence-electron chi connectivity index (χ1n) is 13.3. The van der Waals surface area contributed by atoms with Gasteiger partial charge in [0, 0.05) is 7.05 Å². The van der Waals surface area contributed by atoms with Crippen LogP contribution < -0.4 is 5.32 Å². The zero-order valence-corrected chi connectivity index (χ0v) is 21.7. The van der Waals surface area contributed by atoms with E-state index in [4.69, 9.17) is 5.41 Å².